The van der Waals surface area contributed by atoms with Crippen LogP contribution in [0.25, 0.3) is 0 Å². The van der Waals surface area contributed by atoms with Crippen molar-refractivity contribution in [2.45, 2.75) is 38.8 Å². The number of benzene rings is 1. The highest BCUT2D eigenvalue weighted by atomic mass is 16.1. The molecule has 1 saturated heterocycles. The first-order valence-electron chi connectivity index (χ1n) is 9.86. The topological polar surface area (TPSA) is 49.6 Å². The van der Waals surface area contributed by atoms with E-state index in [0.29, 0.717) is 12.0 Å². The molecule has 142 valence electrons. The summed E-state index contributed by atoms with van der Waals surface area (Å²) in [7, 11) is 1.87. The van der Waals surface area contributed by atoms with Crippen molar-refractivity contribution in [3.05, 3.63) is 70.1 Å². The number of guanidine groups is 1. The van der Waals surface area contributed by atoms with Gasteiger partial charge in [-0.05, 0) is 41.9 Å². The molecule has 1 aliphatic carbocycles. The van der Waals surface area contributed by atoms with Crippen molar-refractivity contribution in [1.29, 1.82) is 0 Å². The second-order valence-electron chi connectivity index (χ2n) is 7.91. The molecule has 27 heavy (non-hydrogen) atoms. The normalized spacial score (nSPS) is 18.6. The van der Waals surface area contributed by atoms with Gasteiger partial charge in [-0.25, -0.2) is 0 Å². The van der Waals surface area contributed by atoms with E-state index in [-0.39, 0.29) is 5.56 Å². The van der Waals surface area contributed by atoms with Crippen molar-refractivity contribution in [3.8, 4) is 0 Å². The SMILES string of the molecule is CN=C(NCc1ccc(Cn2ccccc2=O)cc1)N1CCC2(CCC2)C1. The lowest BCUT2D eigenvalue weighted by Crippen LogP contribution is -2.42. The number of nitrogens with one attached hydrogen (secondary N) is 1. The minimum Gasteiger partial charge on any atom is -0.352 e. The number of likely N-dealkylation sites (tertiary alicyclic amines) is 1. The molecule has 1 aliphatic heterocycles. The van der Waals surface area contributed by atoms with E-state index in [1.807, 2.05) is 19.3 Å². The molecule has 0 bridgehead atoms. The summed E-state index contributed by atoms with van der Waals surface area (Å²) in [5.41, 5.74) is 2.96. The zero-order chi connectivity index (χ0) is 18.7. The first kappa shape index (κ1) is 17.8. The van der Waals surface area contributed by atoms with Crippen molar-refractivity contribution in [1.82, 2.24) is 14.8 Å². The Labute approximate surface area is 160 Å². The van der Waals surface area contributed by atoms with Gasteiger partial charge in [-0.3, -0.25) is 9.79 Å². The van der Waals surface area contributed by atoms with Gasteiger partial charge in [0.25, 0.3) is 5.56 Å². The first-order chi connectivity index (χ1) is 13.2. The van der Waals surface area contributed by atoms with Gasteiger partial charge in [0.1, 0.15) is 0 Å². The minimum atomic E-state index is 0.0295. The van der Waals surface area contributed by atoms with E-state index in [2.05, 4.69) is 39.5 Å². The maximum Gasteiger partial charge on any atom is 0.250 e. The number of nitrogens with zero attached hydrogens (tertiary/aromatic N) is 3. The Hall–Kier alpha value is -2.56. The second-order valence-corrected chi connectivity index (χ2v) is 7.91. The molecule has 0 radical (unpaired) electrons. The van der Waals surface area contributed by atoms with E-state index in [0.717, 1.165) is 31.2 Å². The van der Waals surface area contributed by atoms with Gasteiger partial charge in [-0.15, -0.1) is 0 Å². The van der Waals surface area contributed by atoms with Crippen LogP contribution in [0.4, 0.5) is 0 Å². The molecular weight excluding hydrogens is 336 g/mol. The van der Waals surface area contributed by atoms with Crippen molar-refractivity contribution in [3.63, 3.8) is 0 Å². The molecule has 2 fully saturated rings. The van der Waals surface area contributed by atoms with E-state index in [9.17, 15) is 4.79 Å². The van der Waals surface area contributed by atoms with E-state index in [1.54, 1.807) is 16.7 Å². The van der Waals surface area contributed by atoms with E-state index in [4.69, 9.17) is 0 Å². The number of aliphatic imine (C=N–C) groups is 1. The third kappa shape index (κ3) is 3.92. The lowest BCUT2D eigenvalue weighted by Gasteiger charge is -2.38. The van der Waals surface area contributed by atoms with Gasteiger partial charge >= 0.3 is 0 Å². The molecule has 0 amide bonds. The molecule has 5 heteroatoms. The molecule has 1 aromatic heterocycles. The summed E-state index contributed by atoms with van der Waals surface area (Å²) >= 11 is 0. The van der Waals surface area contributed by atoms with Crippen LogP contribution < -0.4 is 10.9 Å². The van der Waals surface area contributed by atoms with Gasteiger partial charge < -0.3 is 14.8 Å². The summed E-state index contributed by atoms with van der Waals surface area (Å²) < 4.78 is 1.72. The fourth-order valence-corrected chi connectivity index (χ4v) is 4.26. The summed E-state index contributed by atoms with van der Waals surface area (Å²) in [6.45, 7) is 3.63. The Kier molecular flexibility index (Phi) is 5.01. The van der Waals surface area contributed by atoms with Gasteiger partial charge in [-0.2, -0.15) is 0 Å². The quantitative estimate of drug-likeness (QED) is 0.670. The van der Waals surface area contributed by atoms with Gasteiger partial charge in [0.15, 0.2) is 5.96 Å². The summed E-state index contributed by atoms with van der Waals surface area (Å²) in [5, 5.41) is 3.51. The maximum atomic E-state index is 11.8. The molecule has 1 spiro atoms. The maximum absolute atomic E-state index is 11.8. The van der Waals surface area contributed by atoms with Crippen LogP contribution in [0.5, 0.6) is 0 Å². The molecule has 0 unspecified atom stereocenters. The number of rotatable bonds is 4. The van der Waals surface area contributed by atoms with Crippen LogP contribution in [0, 0.1) is 5.41 Å². The average Bonchev–Trinajstić information content (AvgIpc) is 3.12. The Morgan fingerprint density at radius 3 is 2.52 bits per heavy atom. The monoisotopic (exact) mass is 364 g/mol. The summed E-state index contributed by atoms with van der Waals surface area (Å²) in [5.74, 6) is 1.01. The van der Waals surface area contributed by atoms with Gasteiger partial charge in [-0.1, -0.05) is 36.8 Å². The number of hydrogen-bond acceptors (Lipinski definition) is 2. The molecule has 5 nitrogen and oxygen atoms in total. The van der Waals surface area contributed by atoms with Gasteiger partial charge in [0.2, 0.25) is 0 Å². The van der Waals surface area contributed by atoms with Gasteiger partial charge in [0, 0.05) is 38.9 Å². The van der Waals surface area contributed by atoms with Crippen LogP contribution >= 0.6 is 0 Å². The third-order valence-electron chi connectivity index (χ3n) is 6.09. The van der Waals surface area contributed by atoms with E-state index >= 15 is 0 Å². The molecule has 0 atom stereocenters. The Bertz CT molecular complexity index is 864. The van der Waals surface area contributed by atoms with Crippen molar-refractivity contribution >= 4 is 5.96 Å². The molecule has 1 N–H and O–H groups in total. The smallest absolute Gasteiger partial charge is 0.250 e. The van der Waals surface area contributed by atoms with Crippen LogP contribution in [-0.2, 0) is 13.1 Å². The van der Waals surface area contributed by atoms with Crippen molar-refractivity contribution in [2.75, 3.05) is 20.1 Å². The first-order valence-corrected chi connectivity index (χ1v) is 9.86. The number of aromatic nitrogens is 1. The fourth-order valence-electron chi connectivity index (χ4n) is 4.26. The molecule has 4 rings (SSSR count). The zero-order valence-corrected chi connectivity index (χ0v) is 16.0. The predicted molar refractivity (Wildman–Crippen MR) is 109 cm³/mol. The fraction of sp³-hybridized carbons (Fsp3) is 0.455. The summed E-state index contributed by atoms with van der Waals surface area (Å²) in [6, 6.07) is 13.7. The van der Waals surface area contributed by atoms with Crippen LogP contribution in [0.2, 0.25) is 0 Å². The van der Waals surface area contributed by atoms with E-state index < -0.39 is 0 Å². The minimum absolute atomic E-state index is 0.0295. The zero-order valence-electron chi connectivity index (χ0n) is 16.0. The predicted octanol–water partition coefficient (Wildman–Crippen LogP) is 2.85. The largest absolute Gasteiger partial charge is 0.352 e. The molecule has 1 saturated carbocycles. The van der Waals surface area contributed by atoms with Crippen LogP contribution in [-0.4, -0.2) is 35.6 Å². The summed E-state index contributed by atoms with van der Waals surface area (Å²) in [4.78, 5) is 18.7. The second kappa shape index (κ2) is 7.59. The Balaban J connectivity index is 1.33. The van der Waals surface area contributed by atoms with Crippen LogP contribution in [0.3, 0.4) is 0 Å². The molecule has 2 heterocycles. The highest BCUT2D eigenvalue weighted by Gasteiger charge is 2.43. The molecule has 1 aromatic carbocycles. The van der Waals surface area contributed by atoms with Crippen LogP contribution in [0.1, 0.15) is 36.8 Å². The van der Waals surface area contributed by atoms with Crippen molar-refractivity contribution < 1.29 is 0 Å². The van der Waals surface area contributed by atoms with Gasteiger partial charge in [0.05, 0.1) is 6.54 Å². The highest BCUT2D eigenvalue weighted by Crippen LogP contribution is 2.47. The van der Waals surface area contributed by atoms with Crippen molar-refractivity contribution in [2.24, 2.45) is 10.4 Å². The Morgan fingerprint density at radius 2 is 1.89 bits per heavy atom. The molecule has 2 aliphatic rings. The summed E-state index contributed by atoms with van der Waals surface area (Å²) in [6.07, 6.45) is 7.29. The standard InChI is InChI=1S/C22H28N4O/c1-23-21(26-14-12-22(17-26)10-4-11-22)24-15-18-6-8-19(9-7-18)16-25-13-3-2-5-20(25)27/h2-3,5-9,13H,4,10-12,14-17H2,1H3,(H,23,24). The lowest BCUT2D eigenvalue weighted by molar-refractivity contribution is 0.151. The third-order valence-corrected chi connectivity index (χ3v) is 6.09. The lowest BCUT2D eigenvalue weighted by atomic mass is 9.68. The molecular formula is C22H28N4O. The average molecular weight is 364 g/mol. The molecule has 2 aromatic rings. The Morgan fingerprint density at radius 1 is 1.11 bits per heavy atom. The number of hydrogen-bond donors (Lipinski definition) is 1. The number of pyridine rings is 1. The highest BCUT2D eigenvalue weighted by molar-refractivity contribution is 5.80. The van der Waals surface area contributed by atoms with E-state index in [1.165, 1.54) is 31.2 Å². The van der Waals surface area contributed by atoms with Crippen LogP contribution in [0.15, 0.2) is 58.4 Å².